The molecule has 2 N–H and O–H groups in total. The molecule has 2 rings (SSSR count). The summed E-state index contributed by atoms with van der Waals surface area (Å²) < 4.78 is 15.3. The van der Waals surface area contributed by atoms with Gasteiger partial charge >= 0.3 is 0 Å². The van der Waals surface area contributed by atoms with Gasteiger partial charge in [0.15, 0.2) is 0 Å². The van der Waals surface area contributed by atoms with E-state index in [1.54, 1.807) is 19.1 Å². The molecule has 4 heteroatoms. The molecule has 0 aliphatic carbocycles. The van der Waals surface area contributed by atoms with E-state index in [1.807, 2.05) is 17.7 Å². The Morgan fingerprint density at radius 3 is 2.82 bits per heavy atom. The van der Waals surface area contributed by atoms with E-state index in [-0.39, 0.29) is 5.82 Å². The summed E-state index contributed by atoms with van der Waals surface area (Å²) in [6.07, 6.45) is 2.92. The van der Waals surface area contributed by atoms with Gasteiger partial charge in [-0.25, -0.2) is 4.39 Å². The van der Waals surface area contributed by atoms with Crippen molar-refractivity contribution < 1.29 is 9.18 Å². The van der Waals surface area contributed by atoms with Crippen LogP contribution in [-0.2, 0) is 11.8 Å². The van der Waals surface area contributed by atoms with Gasteiger partial charge < -0.3 is 10.3 Å². The van der Waals surface area contributed by atoms with E-state index in [4.69, 9.17) is 5.73 Å². The molecule has 0 radical (unpaired) electrons. The highest BCUT2D eigenvalue weighted by Crippen LogP contribution is 2.24. The van der Waals surface area contributed by atoms with E-state index in [0.717, 1.165) is 16.6 Å². The first-order valence-electron chi connectivity index (χ1n) is 5.22. The molecular formula is C13H13FN2O. The molecule has 1 aromatic heterocycles. The van der Waals surface area contributed by atoms with E-state index < -0.39 is 5.91 Å². The SMILES string of the molecule is Cc1c(F)ccc2cc(/C=C/C(N)=O)n(C)c12. The van der Waals surface area contributed by atoms with Crippen LogP contribution >= 0.6 is 0 Å². The Hall–Kier alpha value is -2.10. The number of rotatable bonds is 2. The number of nitrogens with two attached hydrogens (primary N) is 1. The number of hydrogen-bond donors (Lipinski definition) is 1. The fourth-order valence-electron chi connectivity index (χ4n) is 1.97. The minimum atomic E-state index is -0.502. The monoisotopic (exact) mass is 232 g/mol. The van der Waals surface area contributed by atoms with Crippen LogP contribution in [0.25, 0.3) is 17.0 Å². The summed E-state index contributed by atoms with van der Waals surface area (Å²) in [5.74, 6) is -0.734. The maximum Gasteiger partial charge on any atom is 0.241 e. The van der Waals surface area contributed by atoms with E-state index in [1.165, 1.54) is 12.1 Å². The van der Waals surface area contributed by atoms with Gasteiger partial charge in [0.05, 0.1) is 5.52 Å². The first-order valence-corrected chi connectivity index (χ1v) is 5.22. The van der Waals surface area contributed by atoms with Crippen LogP contribution in [0.15, 0.2) is 24.3 Å². The van der Waals surface area contributed by atoms with Crippen molar-refractivity contribution in [3.63, 3.8) is 0 Å². The maximum atomic E-state index is 13.4. The van der Waals surface area contributed by atoms with Crippen LogP contribution in [0.5, 0.6) is 0 Å². The van der Waals surface area contributed by atoms with Gasteiger partial charge in [-0.15, -0.1) is 0 Å². The van der Waals surface area contributed by atoms with Gasteiger partial charge in [-0.2, -0.15) is 0 Å². The summed E-state index contributed by atoms with van der Waals surface area (Å²) in [4.78, 5) is 10.7. The standard InChI is InChI=1S/C13H13FN2O/c1-8-11(14)5-3-9-7-10(4-6-12(15)17)16(2)13(8)9/h3-7H,1-2H3,(H2,15,17)/b6-4+. The van der Waals surface area contributed by atoms with Crippen LogP contribution in [0.2, 0.25) is 0 Å². The molecule has 2 aromatic rings. The minimum absolute atomic E-state index is 0.232. The molecule has 1 aromatic carbocycles. The second-order valence-corrected chi connectivity index (χ2v) is 3.97. The average Bonchev–Trinajstić information content (AvgIpc) is 2.59. The molecule has 0 spiro atoms. The Balaban J connectivity index is 2.65. The van der Waals surface area contributed by atoms with Crippen LogP contribution < -0.4 is 5.73 Å². The third-order valence-electron chi connectivity index (χ3n) is 2.84. The summed E-state index contributed by atoms with van der Waals surface area (Å²) in [6, 6.07) is 5.06. The zero-order valence-electron chi connectivity index (χ0n) is 9.70. The summed E-state index contributed by atoms with van der Waals surface area (Å²) in [5, 5.41) is 0.940. The van der Waals surface area contributed by atoms with E-state index in [9.17, 15) is 9.18 Å². The topological polar surface area (TPSA) is 48.0 Å². The number of hydrogen-bond acceptors (Lipinski definition) is 1. The molecule has 0 saturated carbocycles. The number of primary amides is 1. The lowest BCUT2D eigenvalue weighted by Crippen LogP contribution is -2.05. The van der Waals surface area contributed by atoms with E-state index >= 15 is 0 Å². The quantitative estimate of drug-likeness (QED) is 0.792. The molecule has 0 atom stereocenters. The van der Waals surface area contributed by atoms with Crippen molar-refractivity contribution in [1.29, 1.82) is 0 Å². The normalized spacial score (nSPS) is 11.5. The molecule has 88 valence electrons. The van der Waals surface area contributed by atoms with Crippen LogP contribution in [0, 0.1) is 12.7 Å². The van der Waals surface area contributed by atoms with Gasteiger partial charge in [-0.3, -0.25) is 4.79 Å². The largest absolute Gasteiger partial charge is 0.366 e. The van der Waals surface area contributed by atoms with Crippen LogP contribution in [-0.4, -0.2) is 10.5 Å². The molecule has 0 unspecified atom stereocenters. The third kappa shape index (κ3) is 1.93. The van der Waals surface area contributed by atoms with Gasteiger partial charge in [-0.05, 0) is 31.2 Å². The van der Waals surface area contributed by atoms with Gasteiger partial charge in [0.25, 0.3) is 0 Å². The van der Waals surface area contributed by atoms with Crippen LogP contribution in [0.1, 0.15) is 11.3 Å². The lowest BCUT2D eigenvalue weighted by atomic mass is 10.1. The highest BCUT2D eigenvalue weighted by molar-refractivity contribution is 5.92. The van der Waals surface area contributed by atoms with Gasteiger partial charge in [0, 0.05) is 29.8 Å². The van der Waals surface area contributed by atoms with Gasteiger partial charge in [-0.1, -0.05) is 0 Å². The fraction of sp³-hybridized carbons (Fsp3) is 0.154. The number of aryl methyl sites for hydroxylation is 2. The van der Waals surface area contributed by atoms with Crippen molar-refractivity contribution in [3.8, 4) is 0 Å². The lowest BCUT2D eigenvalue weighted by Gasteiger charge is -2.03. The molecule has 0 fully saturated rings. The number of nitrogens with zero attached hydrogens (tertiary/aromatic N) is 1. The molecule has 17 heavy (non-hydrogen) atoms. The Bertz CT molecular complexity index is 626. The van der Waals surface area contributed by atoms with E-state index in [2.05, 4.69) is 0 Å². The van der Waals surface area contributed by atoms with Crippen molar-refractivity contribution in [1.82, 2.24) is 4.57 Å². The number of carbonyl (C=O) groups excluding carboxylic acids is 1. The number of amides is 1. The fourth-order valence-corrected chi connectivity index (χ4v) is 1.97. The minimum Gasteiger partial charge on any atom is -0.366 e. The third-order valence-corrected chi connectivity index (χ3v) is 2.84. The molecule has 0 saturated heterocycles. The summed E-state index contributed by atoms with van der Waals surface area (Å²) in [7, 11) is 1.83. The first kappa shape index (κ1) is 11.4. The van der Waals surface area contributed by atoms with Crippen molar-refractivity contribution in [2.75, 3.05) is 0 Å². The molecule has 1 amide bonds. The number of fused-ring (bicyclic) bond motifs is 1. The maximum absolute atomic E-state index is 13.4. The number of halogens is 1. The highest BCUT2D eigenvalue weighted by atomic mass is 19.1. The Morgan fingerprint density at radius 2 is 2.18 bits per heavy atom. The van der Waals surface area contributed by atoms with Crippen LogP contribution in [0.4, 0.5) is 4.39 Å². The molecule has 3 nitrogen and oxygen atoms in total. The van der Waals surface area contributed by atoms with Gasteiger partial charge in [0.2, 0.25) is 5.91 Å². The van der Waals surface area contributed by atoms with Crippen LogP contribution in [0.3, 0.4) is 0 Å². The molecule has 0 aliphatic rings. The predicted octanol–water partition coefficient (Wildman–Crippen LogP) is 2.12. The number of carbonyl (C=O) groups is 1. The Kier molecular flexibility index (Phi) is 2.71. The van der Waals surface area contributed by atoms with Crippen molar-refractivity contribution >= 4 is 22.9 Å². The molecule has 0 aliphatic heterocycles. The Labute approximate surface area is 98.3 Å². The smallest absolute Gasteiger partial charge is 0.241 e. The number of benzene rings is 1. The highest BCUT2D eigenvalue weighted by Gasteiger charge is 2.09. The second-order valence-electron chi connectivity index (χ2n) is 3.97. The summed E-state index contributed by atoms with van der Waals surface area (Å²) in [6.45, 7) is 1.74. The average molecular weight is 232 g/mol. The van der Waals surface area contributed by atoms with Crippen molar-refractivity contribution in [2.45, 2.75) is 6.92 Å². The Morgan fingerprint density at radius 1 is 1.47 bits per heavy atom. The molecular weight excluding hydrogens is 219 g/mol. The number of aromatic nitrogens is 1. The second kappa shape index (κ2) is 4.05. The lowest BCUT2D eigenvalue weighted by molar-refractivity contribution is -0.113. The molecule has 1 heterocycles. The summed E-state index contributed by atoms with van der Waals surface area (Å²) in [5.41, 5.74) is 7.28. The molecule has 0 bridgehead atoms. The van der Waals surface area contributed by atoms with Crippen molar-refractivity contribution in [2.24, 2.45) is 12.8 Å². The predicted molar refractivity (Wildman–Crippen MR) is 65.8 cm³/mol. The summed E-state index contributed by atoms with van der Waals surface area (Å²) >= 11 is 0. The first-order chi connectivity index (χ1) is 8.00. The van der Waals surface area contributed by atoms with Gasteiger partial charge in [0.1, 0.15) is 5.82 Å². The zero-order valence-corrected chi connectivity index (χ0v) is 9.70. The zero-order chi connectivity index (χ0) is 12.6. The van der Waals surface area contributed by atoms with E-state index in [0.29, 0.717) is 5.56 Å². The van der Waals surface area contributed by atoms with Crippen molar-refractivity contribution in [3.05, 3.63) is 41.3 Å².